The van der Waals surface area contributed by atoms with E-state index in [1.165, 1.54) is 6.07 Å². The Bertz CT molecular complexity index is 471. The first-order valence-corrected chi connectivity index (χ1v) is 4.50. The SMILES string of the molecule is N#CC=Cc1cc(C(F)(F)F)cc(C(F)(F)F)c1. The van der Waals surface area contributed by atoms with E-state index in [9.17, 15) is 26.3 Å². The predicted octanol–water partition coefficient (Wildman–Crippen LogP) is 4.26. The summed E-state index contributed by atoms with van der Waals surface area (Å²) in [6.45, 7) is 0. The van der Waals surface area contributed by atoms with Crippen LogP contribution in [0.5, 0.6) is 0 Å². The molecule has 0 spiro atoms. The number of benzene rings is 1. The lowest BCUT2D eigenvalue weighted by Gasteiger charge is -2.12. The second-order valence-corrected chi connectivity index (χ2v) is 3.30. The molecular weight excluding hydrogens is 260 g/mol. The van der Waals surface area contributed by atoms with Gasteiger partial charge in [-0.05, 0) is 29.8 Å². The van der Waals surface area contributed by atoms with Crippen molar-refractivity contribution in [3.8, 4) is 6.07 Å². The van der Waals surface area contributed by atoms with Crippen molar-refractivity contribution in [3.63, 3.8) is 0 Å². The Morgan fingerprint density at radius 3 is 1.67 bits per heavy atom. The van der Waals surface area contributed by atoms with E-state index in [0.717, 1.165) is 12.2 Å². The number of nitrogens with zero attached hydrogens (tertiary/aromatic N) is 1. The summed E-state index contributed by atoms with van der Waals surface area (Å²) < 4.78 is 74.4. The van der Waals surface area contributed by atoms with Crippen molar-refractivity contribution in [2.75, 3.05) is 0 Å². The summed E-state index contributed by atoms with van der Waals surface area (Å²) in [5.41, 5.74) is -3.15. The molecule has 1 nitrogen and oxygen atoms in total. The Balaban J connectivity index is 3.40. The standard InChI is InChI=1S/C11H5F6N/c12-10(13,14)8-4-7(2-1-3-18)5-9(6-8)11(15,16)17/h1-2,4-6H. The third-order valence-electron chi connectivity index (χ3n) is 1.96. The predicted molar refractivity (Wildman–Crippen MR) is 51.1 cm³/mol. The molecule has 0 unspecified atom stereocenters. The van der Waals surface area contributed by atoms with E-state index in [-0.39, 0.29) is 11.6 Å². The Morgan fingerprint density at radius 2 is 1.33 bits per heavy atom. The molecule has 1 aromatic rings. The molecular formula is C11H5F6N. The van der Waals surface area contributed by atoms with Gasteiger partial charge in [-0.3, -0.25) is 0 Å². The summed E-state index contributed by atoms with van der Waals surface area (Å²) in [6, 6.07) is 2.61. The minimum atomic E-state index is -4.88. The average Bonchev–Trinajstić information content (AvgIpc) is 2.23. The van der Waals surface area contributed by atoms with Crippen LogP contribution in [0.15, 0.2) is 24.3 Å². The van der Waals surface area contributed by atoms with Gasteiger partial charge in [0.15, 0.2) is 0 Å². The first kappa shape index (κ1) is 14.1. The molecule has 0 bridgehead atoms. The third kappa shape index (κ3) is 3.52. The van der Waals surface area contributed by atoms with Crippen LogP contribution in [0.1, 0.15) is 16.7 Å². The first-order valence-electron chi connectivity index (χ1n) is 4.50. The van der Waals surface area contributed by atoms with Gasteiger partial charge in [-0.15, -0.1) is 0 Å². The van der Waals surface area contributed by atoms with Crippen molar-refractivity contribution >= 4 is 6.08 Å². The van der Waals surface area contributed by atoms with Crippen molar-refractivity contribution in [3.05, 3.63) is 41.0 Å². The van der Waals surface area contributed by atoms with Gasteiger partial charge in [0.1, 0.15) is 0 Å². The number of alkyl halides is 6. The van der Waals surface area contributed by atoms with Crippen molar-refractivity contribution in [2.24, 2.45) is 0 Å². The summed E-state index contributed by atoms with van der Waals surface area (Å²) in [5, 5.41) is 8.20. The number of rotatable bonds is 1. The highest BCUT2D eigenvalue weighted by atomic mass is 19.4. The summed E-state index contributed by atoms with van der Waals surface area (Å²) in [6.07, 6.45) is -8.08. The maximum atomic E-state index is 12.4. The minimum Gasteiger partial charge on any atom is -0.193 e. The van der Waals surface area contributed by atoms with Crippen LogP contribution in [0.25, 0.3) is 6.08 Å². The van der Waals surface area contributed by atoms with Gasteiger partial charge in [-0.2, -0.15) is 31.6 Å². The molecule has 0 aliphatic rings. The Hall–Kier alpha value is -1.97. The summed E-state index contributed by atoms with van der Waals surface area (Å²) in [7, 11) is 0. The number of nitriles is 1. The number of hydrogen-bond donors (Lipinski definition) is 0. The van der Waals surface area contributed by atoms with Crippen LogP contribution in [-0.2, 0) is 12.4 Å². The minimum absolute atomic E-state index is 0.0315. The molecule has 0 fully saturated rings. The second kappa shape index (κ2) is 4.72. The molecule has 0 aliphatic carbocycles. The van der Waals surface area contributed by atoms with E-state index in [1.54, 1.807) is 0 Å². The van der Waals surface area contributed by atoms with Crippen molar-refractivity contribution in [2.45, 2.75) is 12.4 Å². The van der Waals surface area contributed by atoms with E-state index in [2.05, 4.69) is 0 Å². The van der Waals surface area contributed by atoms with Crippen molar-refractivity contribution < 1.29 is 26.3 Å². The quantitative estimate of drug-likeness (QED) is 0.549. The van der Waals surface area contributed by atoms with Gasteiger partial charge in [-0.25, -0.2) is 0 Å². The van der Waals surface area contributed by atoms with E-state index < -0.39 is 23.5 Å². The molecule has 1 rings (SSSR count). The first-order chi connectivity index (χ1) is 8.14. The Morgan fingerprint density at radius 1 is 0.889 bits per heavy atom. The van der Waals surface area contributed by atoms with Crippen LogP contribution < -0.4 is 0 Å². The average molecular weight is 265 g/mol. The van der Waals surface area contributed by atoms with Gasteiger partial charge in [-0.1, -0.05) is 0 Å². The Kier molecular flexibility index (Phi) is 3.70. The molecule has 0 aliphatic heterocycles. The molecule has 1 aromatic carbocycles. The van der Waals surface area contributed by atoms with Gasteiger partial charge < -0.3 is 0 Å². The van der Waals surface area contributed by atoms with Gasteiger partial charge in [0.2, 0.25) is 0 Å². The molecule has 0 heterocycles. The fourth-order valence-corrected chi connectivity index (χ4v) is 1.21. The van der Waals surface area contributed by atoms with Crippen molar-refractivity contribution in [1.29, 1.82) is 5.26 Å². The van der Waals surface area contributed by atoms with Crippen LogP contribution in [0.2, 0.25) is 0 Å². The Labute approximate surface area is 98.0 Å². The highest BCUT2D eigenvalue weighted by molar-refractivity contribution is 5.54. The molecule has 0 N–H and O–H groups in total. The summed E-state index contributed by atoms with van der Waals surface area (Å²) in [4.78, 5) is 0. The van der Waals surface area contributed by atoms with Gasteiger partial charge in [0, 0.05) is 6.08 Å². The zero-order valence-corrected chi connectivity index (χ0v) is 8.60. The van der Waals surface area contributed by atoms with Crippen LogP contribution in [-0.4, -0.2) is 0 Å². The smallest absolute Gasteiger partial charge is 0.193 e. The van der Waals surface area contributed by atoms with E-state index in [0.29, 0.717) is 12.1 Å². The summed E-state index contributed by atoms with van der Waals surface area (Å²) >= 11 is 0. The van der Waals surface area contributed by atoms with E-state index in [4.69, 9.17) is 5.26 Å². The normalized spacial score (nSPS) is 12.7. The largest absolute Gasteiger partial charge is 0.416 e. The topological polar surface area (TPSA) is 23.8 Å². The summed E-state index contributed by atoms with van der Waals surface area (Å²) in [5.74, 6) is 0. The van der Waals surface area contributed by atoms with Crippen LogP contribution in [0.3, 0.4) is 0 Å². The van der Waals surface area contributed by atoms with Gasteiger partial charge in [0.25, 0.3) is 0 Å². The zero-order valence-electron chi connectivity index (χ0n) is 8.60. The van der Waals surface area contributed by atoms with Crippen molar-refractivity contribution in [1.82, 2.24) is 0 Å². The monoisotopic (exact) mass is 265 g/mol. The molecule has 18 heavy (non-hydrogen) atoms. The molecule has 7 heteroatoms. The van der Waals surface area contributed by atoms with Crippen LogP contribution in [0, 0.1) is 11.3 Å². The van der Waals surface area contributed by atoms with Gasteiger partial charge >= 0.3 is 12.4 Å². The molecule has 0 aromatic heterocycles. The molecule has 0 amide bonds. The number of hydrogen-bond acceptors (Lipinski definition) is 1. The number of allylic oxidation sites excluding steroid dienone is 1. The lowest BCUT2D eigenvalue weighted by atomic mass is 10.0. The lowest BCUT2D eigenvalue weighted by Crippen LogP contribution is -2.11. The molecule has 96 valence electrons. The zero-order chi connectivity index (χ0) is 14.0. The molecule has 0 saturated carbocycles. The third-order valence-corrected chi connectivity index (χ3v) is 1.96. The lowest BCUT2D eigenvalue weighted by molar-refractivity contribution is -0.143. The highest BCUT2D eigenvalue weighted by Gasteiger charge is 2.36. The number of halogens is 6. The molecule has 0 radical (unpaired) electrons. The maximum Gasteiger partial charge on any atom is 0.416 e. The van der Waals surface area contributed by atoms with E-state index >= 15 is 0 Å². The van der Waals surface area contributed by atoms with Gasteiger partial charge in [0.05, 0.1) is 17.2 Å². The second-order valence-electron chi connectivity index (χ2n) is 3.30. The molecule has 0 saturated heterocycles. The maximum absolute atomic E-state index is 12.4. The fraction of sp³-hybridized carbons (Fsp3) is 0.182. The molecule has 0 atom stereocenters. The van der Waals surface area contributed by atoms with Crippen LogP contribution >= 0.6 is 0 Å². The van der Waals surface area contributed by atoms with Crippen LogP contribution in [0.4, 0.5) is 26.3 Å². The van der Waals surface area contributed by atoms with E-state index in [1.807, 2.05) is 0 Å². The fourth-order valence-electron chi connectivity index (χ4n) is 1.21. The highest BCUT2D eigenvalue weighted by Crippen LogP contribution is 2.36.